The van der Waals surface area contributed by atoms with Crippen molar-refractivity contribution in [3.8, 4) is 5.75 Å². The lowest BCUT2D eigenvalue weighted by Crippen LogP contribution is -2.25. The zero-order valence-corrected chi connectivity index (χ0v) is 15.6. The molecule has 2 rings (SSSR count). The van der Waals surface area contributed by atoms with E-state index in [1.165, 1.54) is 17.0 Å². The van der Waals surface area contributed by atoms with Gasteiger partial charge in [0.15, 0.2) is 0 Å². The maximum absolute atomic E-state index is 11.9. The number of aliphatic imine (C=N–C) groups is 1. The van der Waals surface area contributed by atoms with E-state index in [-0.39, 0.29) is 35.4 Å². The minimum absolute atomic E-state index is 0.163. The Labute approximate surface area is 153 Å². The van der Waals surface area contributed by atoms with E-state index in [0.29, 0.717) is 17.1 Å². The molecular formula is C15H15N2O7PS-2. The lowest BCUT2D eigenvalue weighted by atomic mass is 10.2. The van der Waals surface area contributed by atoms with Crippen molar-refractivity contribution in [3.63, 3.8) is 0 Å². The lowest BCUT2D eigenvalue weighted by molar-refractivity contribution is -0.302. The van der Waals surface area contributed by atoms with Gasteiger partial charge in [-0.25, -0.2) is 9.79 Å². The molecule has 0 bridgehead atoms. The molecule has 11 heteroatoms. The highest BCUT2D eigenvalue weighted by molar-refractivity contribution is 8.53. The third-order valence-corrected chi connectivity index (χ3v) is 5.39. The highest BCUT2D eigenvalue weighted by Crippen LogP contribution is 2.40. The number of amidine groups is 1. The first-order valence-corrected chi connectivity index (χ1v) is 10.5. The van der Waals surface area contributed by atoms with Gasteiger partial charge in [-0.05, 0) is 37.5 Å². The number of likely N-dealkylation sites (N-methyl/N-ethyl adjacent to an activating group) is 1. The summed E-state index contributed by atoms with van der Waals surface area (Å²) in [7, 11) is 1.63. The number of benzene rings is 1. The molecule has 0 fully saturated rings. The summed E-state index contributed by atoms with van der Waals surface area (Å²) in [5, 5.41) is 0. The Hall–Kier alpha value is -2.13. The van der Waals surface area contributed by atoms with E-state index in [4.69, 9.17) is 4.74 Å². The van der Waals surface area contributed by atoms with Gasteiger partial charge >= 0.3 is 6.16 Å². The van der Waals surface area contributed by atoms with E-state index >= 15 is 0 Å². The van der Waals surface area contributed by atoms with Crippen molar-refractivity contribution in [2.75, 3.05) is 19.4 Å². The summed E-state index contributed by atoms with van der Waals surface area (Å²) in [6.45, 7) is -3.22. The summed E-state index contributed by atoms with van der Waals surface area (Å²) >= 11 is 0.163. The molecule has 1 aromatic carbocycles. The molecule has 0 unspecified atom stereocenters. The molecule has 1 aromatic rings. The predicted molar refractivity (Wildman–Crippen MR) is 92.3 cm³/mol. The fourth-order valence-corrected chi connectivity index (χ4v) is 3.18. The minimum Gasteiger partial charge on any atom is -0.803 e. The van der Waals surface area contributed by atoms with Gasteiger partial charge < -0.3 is 23.8 Å². The van der Waals surface area contributed by atoms with Gasteiger partial charge in [0.1, 0.15) is 23.9 Å². The Morgan fingerprint density at radius 3 is 2.54 bits per heavy atom. The molecule has 1 heterocycles. The van der Waals surface area contributed by atoms with Crippen LogP contribution in [0.1, 0.15) is 12.5 Å². The van der Waals surface area contributed by atoms with Crippen LogP contribution in [0.25, 0.3) is 6.08 Å². The van der Waals surface area contributed by atoms with Crippen molar-refractivity contribution in [2.24, 2.45) is 4.99 Å². The quantitative estimate of drug-likeness (QED) is 0.228. The normalized spacial score (nSPS) is 16.0. The predicted octanol–water partition coefficient (Wildman–Crippen LogP) is 0.995. The van der Waals surface area contributed by atoms with E-state index in [1.807, 2.05) is 0 Å². The third-order valence-electron chi connectivity index (χ3n) is 3.23. The van der Waals surface area contributed by atoms with Crippen molar-refractivity contribution >= 4 is 42.2 Å². The van der Waals surface area contributed by atoms with Gasteiger partial charge in [0, 0.05) is 12.8 Å². The summed E-state index contributed by atoms with van der Waals surface area (Å²) in [5.74, 6) is 0.434. The highest BCUT2D eigenvalue weighted by atomic mass is 32.7. The van der Waals surface area contributed by atoms with Crippen LogP contribution in [0, 0.1) is 0 Å². The molecule has 26 heavy (non-hydrogen) atoms. The maximum Gasteiger partial charge on any atom is 0.513 e. The van der Waals surface area contributed by atoms with E-state index in [1.54, 1.807) is 32.2 Å². The molecule has 0 spiro atoms. The second-order valence-corrected chi connectivity index (χ2v) is 8.78. The average Bonchev–Trinajstić information content (AvgIpc) is 2.80. The molecule has 0 saturated carbocycles. The number of nitrogens with zero attached hydrogens (tertiary/aromatic N) is 2. The van der Waals surface area contributed by atoms with Crippen molar-refractivity contribution in [2.45, 2.75) is 6.92 Å². The van der Waals surface area contributed by atoms with Crippen LogP contribution >= 0.6 is 18.2 Å². The van der Waals surface area contributed by atoms with Gasteiger partial charge in [-0.3, -0.25) is 9.69 Å². The third kappa shape index (κ3) is 5.99. The molecule has 9 nitrogen and oxygen atoms in total. The Morgan fingerprint density at radius 1 is 1.35 bits per heavy atom. The Bertz CT molecular complexity index is 801. The van der Waals surface area contributed by atoms with Crippen molar-refractivity contribution in [1.82, 2.24) is 4.90 Å². The Morgan fingerprint density at radius 2 is 2.00 bits per heavy atom. The zero-order valence-electron chi connectivity index (χ0n) is 13.9. The highest BCUT2D eigenvalue weighted by Gasteiger charge is 2.23. The SMILES string of the molecule is CC1=N/C(=C\c2ccc(OC(=O)OCCSP(=O)([O-])[O-])cc2)C(=O)N1C. The molecule has 0 radical (unpaired) electrons. The van der Waals surface area contributed by atoms with Crippen LogP contribution in [0.15, 0.2) is 35.0 Å². The van der Waals surface area contributed by atoms with Gasteiger partial charge in [0.25, 0.3) is 5.91 Å². The second-order valence-electron chi connectivity index (χ2n) is 5.10. The first-order valence-electron chi connectivity index (χ1n) is 7.32. The Kier molecular flexibility index (Phi) is 6.60. The summed E-state index contributed by atoms with van der Waals surface area (Å²) in [5.41, 5.74) is 1.00. The molecule has 1 amide bonds. The van der Waals surface area contributed by atoms with E-state index in [9.17, 15) is 23.9 Å². The number of hydrogen-bond acceptors (Lipinski definition) is 9. The zero-order chi connectivity index (χ0) is 19.3. The van der Waals surface area contributed by atoms with Crippen molar-refractivity contribution in [3.05, 3.63) is 35.5 Å². The van der Waals surface area contributed by atoms with E-state index in [2.05, 4.69) is 9.73 Å². The second kappa shape index (κ2) is 8.50. The summed E-state index contributed by atoms with van der Waals surface area (Å²) in [6, 6.07) is 6.28. The fraction of sp³-hybridized carbons (Fsp3) is 0.267. The molecule has 0 saturated heterocycles. The van der Waals surface area contributed by atoms with Crippen LogP contribution in [-0.4, -0.2) is 42.2 Å². The average molecular weight is 398 g/mol. The molecule has 1 aliphatic heterocycles. The number of hydrogen-bond donors (Lipinski definition) is 0. The molecule has 0 N–H and O–H groups in total. The molecule has 0 atom stereocenters. The number of rotatable bonds is 6. The summed E-state index contributed by atoms with van der Waals surface area (Å²) < 4.78 is 20.0. The Balaban J connectivity index is 1.87. The first kappa shape index (κ1) is 20.2. The van der Waals surface area contributed by atoms with Crippen LogP contribution in [0.2, 0.25) is 0 Å². The lowest BCUT2D eigenvalue weighted by Gasteiger charge is -2.27. The summed E-state index contributed by atoms with van der Waals surface area (Å²) in [4.78, 5) is 49.8. The van der Waals surface area contributed by atoms with Crippen LogP contribution < -0.4 is 14.5 Å². The molecule has 1 aliphatic rings. The smallest absolute Gasteiger partial charge is 0.513 e. The monoisotopic (exact) mass is 398 g/mol. The standard InChI is InChI=1S/C15H17N2O7PS/c1-10-16-13(14(18)17(10)2)9-11-3-5-12(6-4-11)24-15(19)23-7-8-26-25(20,21)22/h3-6,9H,7-8H2,1-2H3,(H2,20,21,22)/p-2/b13-9-. The number of carbonyl (C=O) groups excluding carboxylic acids is 2. The number of amides is 1. The molecule has 140 valence electrons. The van der Waals surface area contributed by atoms with Gasteiger partial charge in [-0.2, -0.15) is 0 Å². The van der Waals surface area contributed by atoms with Gasteiger partial charge in [-0.15, -0.1) is 11.4 Å². The molecule has 0 aliphatic carbocycles. The maximum atomic E-state index is 11.9. The summed E-state index contributed by atoms with van der Waals surface area (Å²) in [6.07, 6.45) is 0.592. The van der Waals surface area contributed by atoms with Gasteiger partial charge in [-0.1, -0.05) is 12.1 Å². The largest absolute Gasteiger partial charge is 0.803 e. The first-order chi connectivity index (χ1) is 12.2. The van der Waals surface area contributed by atoms with Crippen LogP contribution in [-0.2, 0) is 14.1 Å². The topological polar surface area (TPSA) is 131 Å². The van der Waals surface area contributed by atoms with E-state index in [0.717, 1.165) is 0 Å². The van der Waals surface area contributed by atoms with Crippen molar-refractivity contribution in [1.29, 1.82) is 0 Å². The fourth-order valence-electron chi connectivity index (χ4n) is 1.90. The molecule has 0 aromatic heterocycles. The number of ether oxygens (including phenoxy) is 2. The minimum atomic E-state index is -4.68. The number of carbonyl (C=O) groups is 2. The van der Waals surface area contributed by atoms with E-state index < -0.39 is 13.0 Å². The van der Waals surface area contributed by atoms with Crippen molar-refractivity contribution < 1.29 is 33.4 Å². The molecular weight excluding hydrogens is 383 g/mol. The van der Waals surface area contributed by atoms with Crippen LogP contribution in [0.5, 0.6) is 5.75 Å². The van der Waals surface area contributed by atoms with Gasteiger partial charge in [0.05, 0.1) is 0 Å². The van der Waals surface area contributed by atoms with Crippen LogP contribution in [0.3, 0.4) is 0 Å². The van der Waals surface area contributed by atoms with Crippen LogP contribution in [0.4, 0.5) is 4.79 Å². The van der Waals surface area contributed by atoms with Gasteiger partial charge in [0.2, 0.25) is 0 Å².